The number of carbonyl (C=O) groups is 1. The molecule has 6 nitrogen and oxygen atoms in total. The van der Waals surface area contributed by atoms with Crippen molar-refractivity contribution >= 4 is 45.3 Å². The predicted molar refractivity (Wildman–Crippen MR) is 137 cm³/mol. The van der Waals surface area contributed by atoms with Crippen LogP contribution in [0, 0.1) is 27.7 Å². The number of ether oxygens (including phenoxy) is 1. The van der Waals surface area contributed by atoms with E-state index in [0.717, 1.165) is 41.2 Å². The number of anilines is 3. The highest BCUT2D eigenvalue weighted by Gasteiger charge is 2.22. The number of aryl methyl sites for hydroxylation is 3. The first kappa shape index (κ1) is 23.5. The summed E-state index contributed by atoms with van der Waals surface area (Å²) in [6.07, 6.45) is 0. The highest BCUT2D eigenvalue weighted by Crippen LogP contribution is 2.35. The van der Waals surface area contributed by atoms with E-state index in [-0.39, 0.29) is 5.91 Å². The van der Waals surface area contributed by atoms with Crippen molar-refractivity contribution in [1.82, 2.24) is 0 Å². The molecule has 0 aliphatic carbocycles. The van der Waals surface area contributed by atoms with Gasteiger partial charge >= 0.3 is 0 Å². The van der Waals surface area contributed by atoms with E-state index >= 15 is 0 Å². The Balaban J connectivity index is 1.56. The quantitative estimate of drug-likeness (QED) is 0.505. The molecule has 8 heteroatoms. The Morgan fingerprint density at radius 1 is 1.03 bits per heavy atom. The zero-order chi connectivity index (χ0) is 23.5. The average molecular weight is 484 g/mol. The third kappa shape index (κ3) is 5.13. The summed E-state index contributed by atoms with van der Waals surface area (Å²) in [4.78, 5) is 16.8. The highest BCUT2D eigenvalue weighted by molar-refractivity contribution is 7.86. The molecule has 0 radical (unpaired) electrons. The minimum Gasteiger partial charge on any atom is -0.378 e. The molecule has 2 N–H and O–H groups in total. The number of amides is 1. The van der Waals surface area contributed by atoms with Crippen LogP contribution >= 0.6 is 11.3 Å². The smallest absolute Gasteiger partial charge is 0.267 e. The molecule has 1 saturated heterocycles. The van der Waals surface area contributed by atoms with E-state index in [9.17, 15) is 9.00 Å². The average Bonchev–Trinajstić information content (AvgIpc) is 3.25. The first-order chi connectivity index (χ1) is 15.8. The van der Waals surface area contributed by atoms with Crippen LogP contribution in [0.25, 0.3) is 0 Å². The van der Waals surface area contributed by atoms with Gasteiger partial charge in [-0.25, -0.2) is 4.21 Å². The Hall–Kier alpha value is -2.68. The molecule has 1 aliphatic heterocycles. The predicted octanol–water partition coefficient (Wildman–Crippen LogP) is 5.21. The van der Waals surface area contributed by atoms with Crippen molar-refractivity contribution < 1.29 is 13.7 Å². The van der Waals surface area contributed by atoms with Crippen molar-refractivity contribution in [2.45, 2.75) is 32.6 Å². The second-order valence-corrected chi connectivity index (χ2v) is 10.4. The van der Waals surface area contributed by atoms with Gasteiger partial charge < -0.3 is 15.0 Å². The summed E-state index contributed by atoms with van der Waals surface area (Å²) < 4.78 is 21.3. The number of hydrogen-bond acceptors (Lipinski definition) is 5. The maximum atomic E-state index is 13.3. The molecule has 0 spiro atoms. The van der Waals surface area contributed by atoms with Crippen LogP contribution in [-0.4, -0.2) is 36.4 Å². The van der Waals surface area contributed by atoms with Crippen molar-refractivity contribution in [2.24, 2.45) is 0 Å². The number of rotatable bonds is 6. The van der Waals surface area contributed by atoms with Gasteiger partial charge in [0.2, 0.25) is 0 Å². The van der Waals surface area contributed by atoms with E-state index in [1.165, 1.54) is 16.9 Å². The Labute approximate surface area is 201 Å². The zero-order valence-electron chi connectivity index (χ0n) is 19.4. The molecule has 4 rings (SSSR count). The summed E-state index contributed by atoms with van der Waals surface area (Å²) in [5.41, 5.74) is 6.91. The fourth-order valence-corrected chi connectivity index (χ4v) is 5.88. The zero-order valence-corrected chi connectivity index (χ0v) is 21.0. The Morgan fingerprint density at radius 2 is 1.73 bits per heavy atom. The van der Waals surface area contributed by atoms with Crippen LogP contribution in [0.15, 0.2) is 46.7 Å². The topological polar surface area (TPSA) is 70.7 Å². The second-order valence-electron chi connectivity index (χ2n) is 8.26. The van der Waals surface area contributed by atoms with E-state index in [2.05, 4.69) is 34.9 Å². The van der Waals surface area contributed by atoms with Crippen molar-refractivity contribution in [1.29, 1.82) is 0 Å². The van der Waals surface area contributed by atoms with Gasteiger partial charge in [0, 0.05) is 24.5 Å². The second kappa shape index (κ2) is 10.1. The standard InChI is InChI=1S/C25H29N3O3S2/c1-16-5-7-20(8-6-16)33(30)27-21-9-14-32-24(21)25(29)26-22-17(2)15-18(3)23(19(22)4)28-10-12-31-13-11-28/h5-9,14-15,27H,10-13H2,1-4H3,(H,26,29). The molecule has 1 aliphatic rings. The molecule has 1 fully saturated rings. The van der Waals surface area contributed by atoms with Gasteiger partial charge in [-0.3, -0.25) is 9.52 Å². The summed E-state index contributed by atoms with van der Waals surface area (Å²) in [5, 5.41) is 4.95. The maximum absolute atomic E-state index is 13.3. The summed E-state index contributed by atoms with van der Waals surface area (Å²) in [7, 11) is -1.46. The summed E-state index contributed by atoms with van der Waals surface area (Å²) in [6.45, 7) is 11.2. The van der Waals surface area contributed by atoms with Gasteiger partial charge in [-0.2, -0.15) is 0 Å². The lowest BCUT2D eigenvalue weighted by molar-refractivity contribution is 0.103. The lowest BCUT2D eigenvalue weighted by atomic mass is 10.0. The number of benzene rings is 2. The van der Waals surface area contributed by atoms with Crippen molar-refractivity contribution in [2.75, 3.05) is 41.2 Å². The summed E-state index contributed by atoms with van der Waals surface area (Å²) in [6, 6.07) is 11.4. The molecule has 0 bridgehead atoms. The number of morpholine rings is 1. The molecule has 33 heavy (non-hydrogen) atoms. The normalized spacial score (nSPS) is 14.7. The van der Waals surface area contributed by atoms with Crippen LogP contribution < -0.4 is 14.9 Å². The minimum absolute atomic E-state index is 0.212. The van der Waals surface area contributed by atoms with Gasteiger partial charge in [0.25, 0.3) is 5.91 Å². The van der Waals surface area contributed by atoms with E-state index in [0.29, 0.717) is 28.7 Å². The number of hydrogen-bond donors (Lipinski definition) is 2. The molecular formula is C25H29N3O3S2. The Kier molecular flexibility index (Phi) is 7.17. The third-order valence-electron chi connectivity index (χ3n) is 5.81. The lowest BCUT2D eigenvalue weighted by Crippen LogP contribution is -2.37. The van der Waals surface area contributed by atoms with Gasteiger partial charge in [-0.05, 0) is 68.0 Å². The van der Waals surface area contributed by atoms with Crippen LogP contribution in [0.2, 0.25) is 0 Å². The number of carbonyl (C=O) groups excluding carboxylic acids is 1. The van der Waals surface area contributed by atoms with Gasteiger partial charge in [-0.15, -0.1) is 11.3 Å². The minimum atomic E-state index is -1.46. The van der Waals surface area contributed by atoms with Gasteiger partial charge in [0.1, 0.15) is 15.9 Å². The van der Waals surface area contributed by atoms with Crippen LogP contribution in [0.5, 0.6) is 0 Å². The largest absolute Gasteiger partial charge is 0.378 e. The summed E-state index contributed by atoms with van der Waals surface area (Å²) in [5.74, 6) is -0.212. The van der Waals surface area contributed by atoms with Crippen molar-refractivity contribution in [3.05, 3.63) is 68.9 Å². The molecule has 174 valence electrons. The van der Waals surface area contributed by atoms with Crippen LogP contribution in [0.1, 0.15) is 31.9 Å². The molecule has 1 atom stereocenters. The molecular weight excluding hydrogens is 454 g/mol. The molecule has 1 amide bonds. The molecule has 2 heterocycles. The fraction of sp³-hybridized carbons (Fsp3) is 0.320. The number of nitrogens with zero attached hydrogens (tertiary/aromatic N) is 1. The number of nitrogens with one attached hydrogen (secondary N) is 2. The van der Waals surface area contributed by atoms with Gasteiger partial charge in [0.15, 0.2) is 0 Å². The van der Waals surface area contributed by atoms with Crippen molar-refractivity contribution in [3.63, 3.8) is 0 Å². The highest BCUT2D eigenvalue weighted by atomic mass is 32.2. The van der Waals surface area contributed by atoms with Crippen LogP contribution in [-0.2, 0) is 15.7 Å². The summed E-state index contributed by atoms with van der Waals surface area (Å²) >= 11 is 1.33. The van der Waals surface area contributed by atoms with Crippen molar-refractivity contribution in [3.8, 4) is 0 Å². The first-order valence-electron chi connectivity index (χ1n) is 10.9. The fourth-order valence-electron chi connectivity index (χ4n) is 4.20. The van der Waals surface area contributed by atoms with E-state index < -0.39 is 11.0 Å². The maximum Gasteiger partial charge on any atom is 0.267 e. The van der Waals surface area contributed by atoms with Crippen LogP contribution in [0.3, 0.4) is 0 Å². The molecule has 3 aromatic rings. The lowest BCUT2D eigenvalue weighted by Gasteiger charge is -2.32. The Morgan fingerprint density at radius 3 is 2.42 bits per heavy atom. The number of thiophene rings is 1. The molecule has 1 unspecified atom stereocenters. The molecule has 1 aromatic heterocycles. The first-order valence-corrected chi connectivity index (χ1v) is 13.0. The molecule has 2 aromatic carbocycles. The SMILES string of the molecule is Cc1ccc(S(=O)Nc2ccsc2C(=O)Nc2c(C)cc(C)c(N3CCOCC3)c2C)cc1. The van der Waals surface area contributed by atoms with Crippen LogP contribution in [0.4, 0.5) is 17.1 Å². The van der Waals surface area contributed by atoms with E-state index in [1.807, 2.05) is 43.5 Å². The van der Waals surface area contributed by atoms with E-state index in [4.69, 9.17) is 4.74 Å². The molecule has 0 saturated carbocycles. The Bertz CT molecular complexity index is 1180. The van der Waals surface area contributed by atoms with E-state index in [1.54, 1.807) is 6.07 Å². The monoisotopic (exact) mass is 483 g/mol. The van der Waals surface area contributed by atoms with Gasteiger partial charge in [-0.1, -0.05) is 23.8 Å². The van der Waals surface area contributed by atoms with Gasteiger partial charge in [0.05, 0.1) is 23.8 Å². The third-order valence-corrected chi connectivity index (χ3v) is 7.82.